The van der Waals surface area contributed by atoms with Gasteiger partial charge in [-0.25, -0.2) is 4.98 Å². The second-order valence-corrected chi connectivity index (χ2v) is 8.19. The van der Waals surface area contributed by atoms with Crippen molar-refractivity contribution < 1.29 is 9.21 Å². The van der Waals surface area contributed by atoms with Gasteiger partial charge in [-0.3, -0.25) is 4.79 Å². The van der Waals surface area contributed by atoms with Crippen LogP contribution >= 0.6 is 23.4 Å². The van der Waals surface area contributed by atoms with Crippen molar-refractivity contribution in [1.82, 2.24) is 19.7 Å². The lowest BCUT2D eigenvalue weighted by molar-refractivity contribution is -0.118. The van der Waals surface area contributed by atoms with E-state index in [1.807, 2.05) is 12.1 Å². The highest BCUT2D eigenvalue weighted by Crippen LogP contribution is 2.26. The maximum atomic E-state index is 11.1. The lowest BCUT2D eigenvalue weighted by atomic mass is 10.2. The second kappa shape index (κ2) is 9.25. The number of halogens is 1. The fourth-order valence-electron chi connectivity index (χ4n) is 2.63. The zero-order chi connectivity index (χ0) is 20.1. The summed E-state index contributed by atoms with van der Waals surface area (Å²) in [6.07, 6.45) is 2.39. The first-order chi connectivity index (χ1) is 13.4. The van der Waals surface area contributed by atoms with Gasteiger partial charge in [-0.1, -0.05) is 37.2 Å². The van der Waals surface area contributed by atoms with E-state index in [4.69, 9.17) is 21.8 Å². The molecule has 0 aliphatic rings. The Bertz CT molecular complexity index is 936. The number of amides is 1. The fourth-order valence-corrected chi connectivity index (χ4v) is 3.60. The molecule has 2 N–H and O–H groups in total. The average molecular weight is 420 g/mol. The number of nitrogens with two attached hydrogens (primary N) is 1. The van der Waals surface area contributed by atoms with Gasteiger partial charge in [-0.2, -0.15) is 0 Å². The molecule has 2 aromatic heterocycles. The summed E-state index contributed by atoms with van der Waals surface area (Å²) in [6, 6.07) is 7.35. The van der Waals surface area contributed by atoms with Crippen LogP contribution in [-0.2, 0) is 23.5 Å². The molecule has 9 heteroatoms. The first-order valence-corrected chi connectivity index (χ1v) is 10.3. The molecule has 0 fully saturated rings. The van der Waals surface area contributed by atoms with E-state index in [9.17, 15) is 4.79 Å². The van der Waals surface area contributed by atoms with Gasteiger partial charge in [0.1, 0.15) is 12.1 Å². The van der Waals surface area contributed by atoms with Crippen molar-refractivity contribution in [2.75, 3.05) is 0 Å². The normalized spacial score (nSPS) is 11.3. The lowest BCUT2D eigenvalue weighted by Gasteiger charge is -2.11. The number of aromatic nitrogens is 4. The first-order valence-electron chi connectivity index (χ1n) is 8.96. The molecule has 0 atom stereocenters. The predicted octanol–water partition coefficient (Wildman–Crippen LogP) is 3.95. The van der Waals surface area contributed by atoms with Crippen molar-refractivity contribution >= 4 is 29.3 Å². The smallest absolute Gasteiger partial charge is 0.226 e. The molecule has 0 unspecified atom stereocenters. The number of carbonyl (C=O) groups is 1. The molecule has 0 saturated carbocycles. The number of rotatable bonds is 9. The predicted molar refractivity (Wildman–Crippen MR) is 109 cm³/mol. The molecule has 0 aliphatic carbocycles. The van der Waals surface area contributed by atoms with E-state index in [0.717, 1.165) is 28.8 Å². The number of carbonyl (C=O) groups excluding carboxylic acids is 1. The van der Waals surface area contributed by atoms with E-state index in [0.29, 0.717) is 29.0 Å². The SMILES string of the molecule is CC(C)Cn1c(CCC(N)=O)nnc1SCc1coc(-c2ccc(Cl)cc2)n1. The highest BCUT2D eigenvalue weighted by Gasteiger charge is 2.16. The Kier molecular flexibility index (Phi) is 6.74. The van der Waals surface area contributed by atoms with Crippen LogP contribution in [0.1, 0.15) is 31.8 Å². The molecule has 3 aromatic rings. The summed E-state index contributed by atoms with van der Waals surface area (Å²) in [5.41, 5.74) is 6.95. The Morgan fingerprint density at radius 1 is 1.29 bits per heavy atom. The van der Waals surface area contributed by atoms with Gasteiger partial charge < -0.3 is 14.7 Å². The van der Waals surface area contributed by atoms with Crippen molar-refractivity contribution in [1.29, 1.82) is 0 Å². The Morgan fingerprint density at radius 2 is 2.04 bits per heavy atom. The van der Waals surface area contributed by atoms with Gasteiger partial charge >= 0.3 is 0 Å². The molecule has 0 radical (unpaired) electrons. The zero-order valence-corrected chi connectivity index (χ0v) is 17.3. The van der Waals surface area contributed by atoms with Crippen molar-refractivity contribution in [3.63, 3.8) is 0 Å². The Hall–Kier alpha value is -2.32. The Morgan fingerprint density at radius 3 is 2.71 bits per heavy atom. The number of aryl methyl sites for hydroxylation is 1. The second-order valence-electron chi connectivity index (χ2n) is 6.81. The van der Waals surface area contributed by atoms with Crippen LogP contribution in [-0.4, -0.2) is 25.7 Å². The third kappa shape index (κ3) is 5.36. The monoisotopic (exact) mass is 419 g/mol. The fraction of sp³-hybridized carbons (Fsp3) is 0.368. The van der Waals surface area contributed by atoms with E-state index in [-0.39, 0.29) is 12.3 Å². The van der Waals surface area contributed by atoms with E-state index in [1.54, 1.807) is 18.4 Å². The molecule has 3 rings (SSSR count). The minimum absolute atomic E-state index is 0.259. The number of hydrogen-bond acceptors (Lipinski definition) is 6. The van der Waals surface area contributed by atoms with Crippen LogP contribution in [0, 0.1) is 5.92 Å². The zero-order valence-electron chi connectivity index (χ0n) is 15.8. The summed E-state index contributed by atoms with van der Waals surface area (Å²) in [5, 5.41) is 9.99. The number of hydrogen-bond donors (Lipinski definition) is 1. The summed E-state index contributed by atoms with van der Waals surface area (Å²) in [5.74, 6) is 2.01. The standard InChI is InChI=1S/C19H22ClN5O2S/c1-12(2)9-25-17(8-7-16(21)26)23-24-19(25)28-11-15-10-27-18(22-15)13-3-5-14(20)6-4-13/h3-6,10,12H,7-9,11H2,1-2H3,(H2,21,26). The molecule has 1 amide bonds. The van der Waals surface area contributed by atoms with Crippen molar-refractivity contribution in [3.05, 3.63) is 47.1 Å². The van der Waals surface area contributed by atoms with Crippen LogP contribution in [0.4, 0.5) is 0 Å². The molecule has 148 valence electrons. The summed E-state index contributed by atoms with van der Waals surface area (Å²) >= 11 is 7.46. The molecule has 1 aromatic carbocycles. The van der Waals surface area contributed by atoms with E-state index >= 15 is 0 Å². The topological polar surface area (TPSA) is 99.8 Å². The van der Waals surface area contributed by atoms with Crippen LogP contribution in [0.5, 0.6) is 0 Å². The van der Waals surface area contributed by atoms with Crippen molar-refractivity contribution in [2.45, 2.75) is 44.1 Å². The lowest BCUT2D eigenvalue weighted by Crippen LogP contribution is -2.15. The molecule has 0 bridgehead atoms. The number of nitrogens with zero attached hydrogens (tertiary/aromatic N) is 4. The highest BCUT2D eigenvalue weighted by molar-refractivity contribution is 7.98. The molecule has 0 spiro atoms. The largest absolute Gasteiger partial charge is 0.444 e. The molecular formula is C19H22ClN5O2S. The van der Waals surface area contributed by atoms with Gasteiger partial charge in [0, 0.05) is 35.7 Å². The summed E-state index contributed by atoms with van der Waals surface area (Å²) in [6.45, 7) is 5.03. The van der Waals surface area contributed by atoms with Gasteiger partial charge in [-0.15, -0.1) is 10.2 Å². The summed E-state index contributed by atoms with van der Waals surface area (Å²) < 4.78 is 7.64. The Balaban J connectivity index is 1.70. The quantitative estimate of drug-likeness (QED) is 0.527. The molecule has 0 aliphatic heterocycles. The van der Waals surface area contributed by atoms with Crippen LogP contribution in [0.25, 0.3) is 11.5 Å². The number of oxazole rings is 1. The summed E-state index contributed by atoms with van der Waals surface area (Å²) in [4.78, 5) is 15.6. The number of benzene rings is 1. The third-order valence-corrected chi connectivity index (χ3v) is 5.18. The van der Waals surface area contributed by atoms with Crippen LogP contribution < -0.4 is 5.73 Å². The molecule has 7 nitrogen and oxygen atoms in total. The molecule has 28 heavy (non-hydrogen) atoms. The van der Waals surface area contributed by atoms with Crippen molar-refractivity contribution in [3.8, 4) is 11.5 Å². The third-order valence-electron chi connectivity index (χ3n) is 3.93. The van der Waals surface area contributed by atoms with E-state index < -0.39 is 0 Å². The minimum Gasteiger partial charge on any atom is -0.444 e. The molecule has 0 saturated heterocycles. The van der Waals surface area contributed by atoms with Gasteiger partial charge in [-0.05, 0) is 30.2 Å². The molecular weight excluding hydrogens is 398 g/mol. The highest BCUT2D eigenvalue weighted by atomic mass is 35.5. The van der Waals surface area contributed by atoms with Crippen LogP contribution in [0.15, 0.2) is 40.1 Å². The van der Waals surface area contributed by atoms with Gasteiger partial charge in [0.05, 0.1) is 5.69 Å². The summed E-state index contributed by atoms with van der Waals surface area (Å²) in [7, 11) is 0. The number of thioether (sulfide) groups is 1. The maximum Gasteiger partial charge on any atom is 0.226 e. The van der Waals surface area contributed by atoms with Crippen molar-refractivity contribution in [2.24, 2.45) is 11.7 Å². The van der Waals surface area contributed by atoms with E-state index in [1.165, 1.54) is 11.8 Å². The first kappa shape index (κ1) is 20.4. The van der Waals surface area contributed by atoms with Gasteiger partial charge in [0.15, 0.2) is 5.16 Å². The van der Waals surface area contributed by atoms with Gasteiger partial charge in [0.2, 0.25) is 11.8 Å². The van der Waals surface area contributed by atoms with Crippen LogP contribution in [0.2, 0.25) is 5.02 Å². The maximum absolute atomic E-state index is 11.1. The molecule has 2 heterocycles. The number of primary amides is 1. The Labute approximate surface area is 172 Å². The average Bonchev–Trinajstić information content (AvgIpc) is 3.26. The van der Waals surface area contributed by atoms with Crippen LogP contribution in [0.3, 0.4) is 0 Å². The van der Waals surface area contributed by atoms with E-state index in [2.05, 4.69) is 33.6 Å². The minimum atomic E-state index is -0.342. The van der Waals surface area contributed by atoms with Gasteiger partial charge in [0.25, 0.3) is 0 Å².